The van der Waals surface area contributed by atoms with Crippen molar-refractivity contribution in [1.29, 1.82) is 0 Å². The largest absolute Gasteiger partial charge is 0.493 e. The Hall–Kier alpha value is -3.02. The predicted octanol–water partition coefficient (Wildman–Crippen LogP) is 2.55. The van der Waals surface area contributed by atoms with Crippen LogP contribution in [0, 0.1) is 0 Å². The van der Waals surface area contributed by atoms with Gasteiger partial charge >= 0.3 is 0 Å². The molecule has 0 fully saturated rings. The number of H-pyrrole nitrogens is 1. The summed E-state index contributed by atoms with van der Waals surface area (Å²) < 4.78 is 10.5. The van der Waals surface area contributed by atoms with Gasteiger partial charge < -0.3 is 14.8 Å². The zero-order valence-electron chi connectivity index (χ0n) is 12.9. The quantitative estimate of drug-likeness (QED) is 0.757. The number of aromatic amines is 1. The van der Waals surface area contributed by atoms with E-state index in [0.29, 0.717) is 34.9 Å². The minimum Gasteiger partial charge on any atom is -0.493 e. The lowest BCUT2D eigenvalue weighted by Gasteiger charge is -2.10. The maximum Gasteiger partial charge on any atom is 0.260 e. The molecule has 2 N–H and O–H groups in total. The number of hydrogen-bond donors (Lipinski definition) is 2. The van der Waals surface area contributed by atoms with Crippen molar-refractivity contribution in [3.8, 4) is 11.5 Å². The molecule has 6 nitrogen and oxygen atoms in total. The summed E-state index contributed by atoms with van der Waals surface area (Å²) >= 11 is 0. The third-order valence-electron chi connectivity index (χ3n) is 3.52. The fourth-order valence-electron chi connectivity index (χ4n) is 2.35. The van der Waals surface area contributed by atoms with Crippen molar-refractivity contribution < 1.29 is 9.47 Å². The Kier molecular flexibility index (Phi) is 4.14. The van der Waals surface area contributed by atoms with Crippen LogP contribution in [0.15, 0.2) is 47.3 Å². The Labute approximate surface area is 133 Å². The van der Waals surface area contributed by atoms with Crippen LogP contribution < -0.4 is 20.3 Å². The van der Waals surface area contributed by atoms with E-state index in [1.165, 1.54) is 0 Å². The highest BCUT2D eigenvalue weighted by molar-refractivity contribution is 5.78. The van der Waals surface area contributed by atoms with Gasteiger partial charge in [-0.15, -0.1) is 0 Å². The molecule has 0 aliphatic heterocycles. The summed E-state index contributed by atoms with van der Waals surface area (Å²) in [7, 11) is 3.19. The smallest absolute Gasteiger partial charge is 0.260 e. The van der Waals surface area contributed by atoms with Crippen LogP contribution in [0.3, 0.4) is 0 Å². The number of nitrogens with one attached hydrogen (secondary N) is 2. The topological polar surface area (TPSA) is 76.2 Å². The normalized spacial score (nSPS) is 10.5. The van der Waals surface area contributed by atoms with Crippen LogP contribution in [0.2, 0.25) is 0 Å². The molecule has 0 radical (unpaired) electrons. The number of ether oxygens (including phenoxy) is 2. The van der Waals surface area contributed by atoms with Crippen LogP contribution in [-0.4, -0.2) is 24.2 Å². The van der Waals surface area contributed by atoms with Crippen molar-refractivity contribution >= 4 is 16.9 Å². The first-order valence-corrected chi connectivity index (χ1v) is 7.15. The lowest BCUT2D eigenvalue weighted by Crippen LogP contribution is -2.13. The molecule has 2 aromatic carbocycles. The molecule has 1 heterocycles. The van der Waals surface area contributed by atoms with E-state index in [1.54, 1.807) is 20.3 Å². The van der Waals surface area contributed by atoms with Gasteiger partial charge in [0.25, 0.3) is 5.56 Å². The fourth-order valence-corrected chi connectivity index (χ4v) is 2.35. The molecule has 0 spiro atoms. The van der Waals surface area contributed by atoms with Crippen molar-refractivity contribution in [2.75, 3.05) is 19.5 Å². The van der Waals surface area contributed by atoms with Crippen LogP contribution in [0.4, 0.5) is 5.95 Å². The average molecular weight is 311 g/mol. The van der Waals surface area contributed by atoms with Crippen molar-refractivity contribution in [3.05, 3.63) is 58.4 Å². The van der Waals surface area contributed by atoms with Gasteiger partial charge in [-0.1, -0.05) is 18.2 Å². The summed E-state index contributed by atoms with van der Waals surface area (Å²) in [5.41, 5.74) is 1.48. The van der Waals surface area contributed by atoms with Crippen LogP contribution >= 0.6 is 0 Å². The third kappa shape index (κ3) is 3.11. The summed E-state index contributed by atoms with van der Waals surface area (Å²) in [6, 6.07) is 12.9. The standard InChI is InChI=1S/C17H17N3O3/c1-22-14-8-7-11(9-15(14)23-2)10-18-17-19-13-6-4-3-5-12(13)16(21)20-17/h3-9H,10H2,1-2H3,(H2,18,19,20,21). The predicted molar refractivity (Wildman–Crippen MR) is 89.2 cm³/mol. The van der Waals surface area contributed by atoms with E-state index in [-0.39, 0.29) is 5.56 Å². The average Bonchev–Trinajstić information content (AvgIpc) is 2.59. The van der Waals surface area contributed by atoms with Crippen LogP contribution in [-0.2, 0) is 6.54 Å². The molecule has 0 saturated heterocycles. The highest BCUT2D eigenvalue weighted by Gasteiger charge is 2.06. The molecule has 0 amide bonds. The number of anilines is 1. The van der Waals surface area contributed by atoms with Crippen molar-refractivity contribution in [2.45, 2.75) is 6.54 Å². The molecule has 23 heavy (non-hydrogen) atoms. The first-order valence-electron chi connectivity index (χ1n) is 7.15. The van der Waals surface area contributed by atoms with Crippen molar-refractivity contribution in [1.82, 2.24) is 9.97 Å². The minimum absolute atomic E-state index is 0.162. The lowest BCUT2D eigenvalue weighted by atomic mass is 10.2. The van der Waals surface area contributed by atoms with E-state index >= 15 is 0 Å². The zero-order chi connectivity index (χ0) is 16.2. The van der Waals surface area contributed by atoms with Gasteiger partial charge in [0.05, 0.1) is 25.1 Å². The van der Waals surface area contributed by atoms with Crippen molar-refractivity contribution in [3.63, 3.8) is 0 Å². The molecule has 0 aliphatic rings. The molecule has 0 atom stereocenters. The minimum atomic E-state index is -0.162. The number of rotatable bonds is 5. The first kappa shape index (κ1) is 14.9. The van der Waals surface area contributed by atoms with Gasteiger partial charge in [-0.05, 0) is 29.8 Å². The molecule has 6 heteroatoms. The van der Waals surface area contributed by atoms with E-state index in [4.69, 9.17) is 9.47 Å². The monoisotopic (exact) mass is 311 g/mol. The van der Waals surface area contributed by atoms with Crippen molar-refractivity contribution in [2.24, 2.45) is 0 Å². The number of benzene rings is 2. The molecule has 3 rings (SSSR count). The maximum absolute atomic E-state index is 12.0. The first-order chi connectivity index (χ1) is 11.2. The highest BCUT2D eigenvalue weighted by atomic mass is 16.5. The molecule has 0 aliphatic carbocycles. The van der Waals surface area contributed by atoms with E-state index in [0.717, 1.165) is 5.56 Å². The Bertz CT molecular complexity index is 890. The SMILES string of the molecule is COc1ccc(CNc2nc3ccccc3c(=O)[nH]2)cc1OC. The molecule has 1 aromatic heterocycles. The van der Waals surface area contributed by atoms with E-state index < -0.39 is 0 Å². The second kappa shape index (κ2) is 6.39. The molecule has 0 unspecified atom stereocenters. The Balaban J connectivity index is 1.82. The summed E-state index contributed by atoms with van der Waals surface area (Å²) in [4.78, 5) is 19.2. The van der Waals surface area contributed by atoms with Gasteiger partial charge in [0.2, 0.25) is 5.95 Å². The van der Waals surface area contributed by atoms with Gasteiger partial charge in [0, 0.05) is 6.54 Å². The maximum atomic E-state index is 12.0. The highest BCUT2D eigenvalue weighted by Crippen LogP contribution is 2.27. The van der Waals surface area contributed by atoms with Gasteiger partial charge in [-0.3, -0.25) is 9.78 Å². The number of nitrogens with zero attached hydrogens (tertiary/aromatic N) is 1. The van der Waals surface area contributed by atoms with E-state index in [2.05, 4.69) is 15.3 Å². The molecule has 3 aromatic rings. The molecular weight excluding hydrogens is 294 g/mol. The van der Waals surface area contributed by atoms with Gasteiger partial charge in [-0.2, -0.15) is 0 Å². The lowest BCUT2D eigenvalue weighted by molar-refractivity contribution is 0.354. The second-order valence-electron chi connectivity index (χ2n) is 4.97. The second-order valence-corrected chi connectivity index (χ2v) is 4.97. The van der Waals surface area contributed by atoms with Gasteiger partial charge in [-0.25, -0.2) is 4.98 Å². The van der Waals surface area contributed by atoms with E-state index in [9.17, 15) is 4.79 Å². The molecule has 118 valence electrons. The number of para-hydroxylation sites is 1. The number of methoxy groups -OCH3 is 2. The fraction of sp³-hybridized carbons (Fsp3) is 0.176. The Morgan fingerprint density at radius 3 is 2.65 bits per heavy atom. The summed E-state index contributed by atoms with van der Waals surface area (Å²) in [6.45, 7) is 0.502. The van der Waals surface area contributed by atoms with Crippen LogP contribution in [0.1, 0.15) is 5.56 Å². The van der Waals surface area contributed by atoms with Crippen LogP contribution in [0.5, 0.6) is 11.5 Å². The number of fused-ring (bicyclic) bond motifs is 1. The molecule has 0 saturated carbocycles. The zero-order valence-corrected chi connectivity index (χ0v) is 12.9. The van der Waals surface area contributed by atoms with Crippen LogP contribution in [0.25, 0.3) is 10.9 Å². The van der Waals surface area contributed by atoms with Gasteiger partial charge in [0.1, 0.15) is 0 Å². The summed E-state index contributed by atoms with van der Waals surface area (Å²) in [5, 5.41) is 3.69. The van der Waals surface area contributed by atoms with Gasteiger partial charge in [0.15, 0.2) is 11.5 Å². The molecular formula is C17H17N3O3. The summed E-state index contributed by atoms with van der Waals surface area (Å²) in [6.07, 6.45) is 0. The third-order valence-corrected chi connectivity index (χ3v) is 3.52. The number of hydrogen-bond acceptors (Lipinski definition) is 5. The number of aromatic nitrogens is 2. The van der Waals surface area contributed by atoms with E-state index in [1.807, 2.05) is 36.4 Å². The Morgan fingerprint density at radius 2 is 1.87 bits per heavy atom. The summed E-state index contributed by atoms with van der Waals surface area (Å²) in [5.74, 6) is 1.77. The Morgan fingerprint density at radius 1 is 1.09 bits per heavy atom. The molecule has 0 bridgehead atoms.